The van der Waals surface area contributed by atoms with Crippen LogP contribution in [0, 0.1) is 11.8 Å². The van der Waals surface area contributed by atoms with Crippen LogP contribution in [0.1, 0.15) is 13.3 Å². The van der Waals surface area contributed by atoms with Crippen molar-refractivity contribution in [2.24, 2.45) is 11.8 Å². The Balaban J connectivity index is 1.84. The maximum atomic E-state index is 12.6. The molecule has 25 heavy (non-hydrogen) atoms. The molecule has 1 aromatic carbocycles. The summed E-state index contributed by atoms with van der Waals surface area (Å²) in [5.41, 5.74) is 1.29. The Labute approximate surface area is 145 Å². The quantitative estimate of drug-likeness (QED) is 0.894. The Morgan fingerprint density at radius 3 is 2.84 bits per heavy atom. The number of hydrogen-bond acceptors (Lipinski definition) is 4. The average Bonchev–Trinajstić information content (AvgIpc) is 2.61. The number of likely N-dealkylation sites (tertiary alicyclic amines) is 1. The number of rotatable bonds is 3. The molecule has 1 aliphatic rings. The van der Waals surface area contributed by atoms with E-state index in [0.717, 1.165) is 5.39 Å². The van der Waals surface area contributed by atoms with Crippen LogP contribution in [0.2, 0.25) is 0 Å². The van der Waals surface area contributed by atoms with Gasteiger partial charge >= 0.3 is 12.0 Å². The molecule has 7 nitrogen and oxygen atoms in total. The number of anilines is 1. The number of aromatic nitrogens is 1. The fraction of sp³-hybridized carbons (Fsp3) is 0.389. The van der Waals surface area contributed by atoms with Crippen LogP contribution in [-0.4, -0.2) is 47.2 Å². The van der Waals surface area contributed by atoms with Crippen molar-refractivity contribution < 1.29 is 19.4 Å². The first-order chi connectivity index (χ1) is 12.0. The zero-order valence-electron chi connectivity index (χ0n) is 14.2. The molecule has 2 amide bonds. The number of nitrogens with one attached hydrogen (secondary N) is 1. The Kier molecular flexibility index (Phi) is 4.74. The maximum Gasteiger partial charge on any atom is 0.321 e. The fourth-order valence-corrected chi connectivity index (χ4v) is 3.31. The van der Waals surface area contributed by atoms with Gasteiger partial charge in [-0.25, -0.2) is 4.79 Å². The first-order valence-corrected chi connectivity index (χ1v) is 8.20. The molecule has 7 heteroatoms. The molecule has 0 spiro atoms. The molecule has 2 atom stereocenters. The van der Waals surface area contributed by atoms with E-state index in [-0.39, 0.29) is 18.5 Å². The van der Waals surface area contributed by atoms with Crippen molar-refractivity contribution in [1.29, 1.82) is 0 Å². The summed E-state index contributed by atoms with van der Waals surface area (Å²) in [4.78, 5) is 29.8. The number of fused-ring (bicyclic) bond motifs is 1. The van der Waals surface area contributed by atoms with Gasteiger partial charge in [-0.1, -0.05) is 6.92 Å². The number of carbonyl (C=O) groups is 2. The van der Waals surface area contributed by atoms with Crippen LogP contribution in [0.15, 0.2) is 30.5 Å². The summed E-state index contributed by atoms with van der Waals surface area (Å²) < 4.78 is 5.31. The molecule has 0 saturated carbocycles. The third-order valence-corrected chi connectivity index (χ3v) is 4.49. The van der Waals surface area contributed by atoms with Gasteiger partial charge in [0.15, 0.2) is 0 Å². The number of nitrogens with zero attached hydrogens (tertiary/aromatic N) is 2. The molecule has 132 valence electrons. The molecule has 0 radical (unpaired) electrons. The van der Waals surface area contributed by atoms with Gasteiger partial charge in [-0.2, -0.15) is 0 Å². The number of hydrogen-bond donors (Lipinski definition) is 2. The van der Waals surface area contributed by atoms with Crippen LogP contribution in [0.25, 0.3) is 10.9 Å². The van der Waals surface area contributed by atoms with Gasteiger partial charge in [0.2, 0.25) is 0 Å². The fourth-order valence-electron chi connectivity index (χ4n) is 3.31. The minimum Gasteiger partial charge on any atom is -0.494 e. The van der Waals surface area contributed by atoms with Gasteiger partial charge in [-0.05, 0) is 36.6 Å². The van der Waals surface area contributed by atoms with Crippen molar-refractivity contribution >= 4 is 28.6 Å². The van der Waals surface area contributed by atoms with Crippen molar-refractivity contribution in [3.05, 3.63) is 30.5 Å². The molecule has 1 aliphatic heterocycles. The smallest absolute Gasteiger partial charge is 0.321 e. The number of carboxylic acids is 1. The van der Waals surface area contributed by atoms with Crippen molar-refractivity contribution in [1.82, 2.24) is 9.88 Å². The Morgan fingerprint density at radius 1 is 1.32 bits per heavy atom. The lowest BCUT2D eigenvalue weighted by Crippen LogP contribution is -2.47. The number of pyridine rings is 1. The van der Waals surface area contributed by atoms with Crippen LogP contribution < -0.4 is 10.1 Å². The molecule has 3 rings (SSSR count). The number of aliphatic carboxylic acids is 1. The van der Waals surface area contributed by atoms with Crippen LogP contribution in [0.4, 0.5) is 10.5 Å². The second-order valence-corrected chi connectivity index (χ2v) is 6.43. The molecular formula is C18H21N3O4. The summed E-state index contributed by atoms with van der Waals surface area (Å²) >= 11 is 0. The number of methoxy groups -OCH3 is 1. The third kappa shape index (κ3) is 3.50. The Morgan fingerprint density at radius 2 is 2.12 bits per heavy atom. The van der Waals surface area contributed by atoms with Gasteiger partial charge in [-0.15, -0.1) is 0 Å². The molecule has 0 aliphatic carbocycles. The maximum absolute atomic E-state index is 12.6. The lowest BCUT2D eigenvalue weighted by molar-refractivity contribution is -0.143. The third-order valence-electron chi connectivity index (χ3n) is 4.49. The highest BCUT2D eigenvalue weighted by Crippen LogP contribution is 2.30. The monoisotopic (exact) mass is 343 g/mol. The van der Waals surface area contributed by atoms with Crippen LogP contribution in [-0.2, 0) is 4.79 Å². The first-order valence-electron chi connectivity index (χ1n) is 8.20. The van der Waals surface area contributed by atoms with E-state index in [9.17, 15) is 14.7 Å². The topological polar surface area (TPSA) is 91.8 Å². The molecule has 2 heterocycles. The zero-order chi connectivity index (χ0) is 18.0. The highest BCUT2D eigenvalue weighted by molar-refractivity contribution is 6.02. The Bertz CT molecular complexity index is 808. The molecule has 1 fully saturated rings. The minimum absolute atomic E-state index is 0.148. The zero-order valence-corrected chi connectivity index (χ0v) is 14.2. The molecule has 0 bridgehead atoms. The standard InChI is InChI=1S/C18H21N3O4/c1-11-8-12(17(22)23)10-21(9-11)18(24)20-14-5-6-15(25-2)16-13(14)4-3-7-19-16/h3-7,11-12H,8-10H2,1-2H3,(H,20,24)(H,22,23). The summed E-state index contributed by atoms with van der Waals surface area (Å²) in [6.45, 7) is 2.72. The number of benzene rings is 1. The predicted octanol–water partition coefficient (Wildman–Crippen LogP) is 2.82. The number of piperidine rings is 1. The second kappa shape index (κ2) is 6.96. The number of carbonyl (C=O) groups excluding carboxylic acids is 1. The molecule has 2 N–H and O–H groups in total. The van der Waals surface area contributed by atoms with E-state index >= 15 is 0 Å². The van der Waals surface area contributed by atoms with Crippen molar-refractivity contribution in [3.8, 4) is 5.75 Å². The summed E-state index contributed by atoms with van der Waals surface area (Å²) in [5.74, 6) is -0.603. The molecule has 2 unspecified atom stereocenters. The molecule has 2 aromatic rings. The van der Waals surface area contributed by atoms with Crippen molar-refractivity contribution in [3.63, 3.8) is 0 Å². The molecule has 1 aromatic heterocycles. The average molecular weight is 343 g/mol. The van der Waals surface area contributed by atoms with Crippen LogP contribution in [0.3, 0.4) is 0 Å². The van der Waals surface area contributed by atoms with Gasteiger partial charge in [0.25, 0.3) is 0 Å². The minimum atomic E-state index is -0.858. The summed E-state index contributed by atoms with van der Waals surface area (Å²) in [6.07, 6.45) is 2.26. The number of ether oxygens (including phenoxy) is 1. The molecular weight excluding hydrogens is 322 g/mol. The van der Waals surface area contributed by atoms with Crippen LogP contribution in [0.5, 0.6) is 5.75 Å². The van der Waals surface area contributed by atoms with E-state index in [0.29, 0.717) is 29.9 Å². The van der Waals surface area contributed by atoms with Gasteiger partial charge in [0, 0.05) is 24.7 Å². The highest BCUT2D eigenvalue weighted by Gasteiger charge is 2.32. The van der Waals surface area contributed by atoms with Crippen LogP contribution >= 0.6 is 0 Å². The number of carboxylic acid groups (broad SMARTS) is 1. The summed E-state index contributed by atoms with van der Waals surface area (Å²) in [5, 5.41) is 12.9. The van der Waals surface area contributed by atoms with E-state index in [2.05, 4.69) is 10.3 Å². The van der Waals surface area contributed by atoms with Gasteiger partial charge < -0.3 is 20.1 Å². The largest absolute Gasteiger partial charge is 0.494 e. The highest BCUT2D eigenvalue weighted by atomic mass is 16.5. The van der Waals surface area contributed by atoms with Crippen molar-refractivity contribution in [2.75, 3.05) is 25.5 Å². The van der Waals surface area contributed by atoms with E-state index in [1.807, 2.05) is 13.0 Å². The van der Waals surface area contributed by atoms with Crippen molar-refractivity contribution in [2.45, 2.75) is 13.3 Å². The van der Waals surface area contributed by atoms with E-state index < -0.39 is 11.9 Å². The lowest BCUT2D eigenvalue weighted by Gasteiger charge is -2.34. The first kappa shape index (κ1) is 17.0. The normalized spacial score (nSPS) is 20.3. The summed E-state index contributed by atoms with van der Waals surface area (Å²) in [7, 11) is 1.57. The second-order valence-electron chi connectivity index (χ2n) is 6.43. The van der Waals surface area contributed by atoms with E-state index in [1.54, 1.807) is 36.4 Å². The predicted molar refractivity (Wildman–Crippen MR) is 93.8 cm³/mol. The SMILES string of the molecule is COc1ccc(NC(=O)N2CC(C)CC(C(=O)O)C2)c2cccnc12. The molecule has 1 saturated heterocycles. The van der Waals surface area contributed by atoms with Gasteiger partial charge in [0.05, 0.1) is 18.7 Å². The lowest BCUT2D eigenvalue weighted by atomic mass is 9.91. The number of amides is 2. The van der Waals surface area contributed by atoms with E-state index in [1.165, 1.54) is 0 Å². The Hall–Kier alpha value is -2.83. The van der Waals surface area contributed by atoms with Gasteiger partial charge in [0.1, 0.15) is 11.3 Å². The van der Waals surface area contributed by atoms with Gasteiger partial charge in [-0.3, -0.25) is 9.78 Å². The summed E-state index contributed by atoms with van der Waals surface area (Å²) in [6, 6.07) is 6.88. The van der Waals surface area contributed by atoms with E-state index in [4.69, 9.17) is 4.74 Å². The number of urea groups is 1.